The lowest BCUT2D eigenvalue weighted by Gasteiger charge is -2.26. The van der Waals surface area contributed by atoms with Gasteiger partial charge in [-0.2, -0.15) is 5.10 Å². The van der Waals surface area contributed by atoms with Crippen LogP contribution in [0.15, 0.2) is 10.7 Å². The van der Waals surface area contributed by atoms with Crippen LogP contribution in [0.3, 0.4) is 0 Å². The number of aryl methyl sites for hydroxylation is 1. The third-order valence-corrected chi connectivity index (χ3v) is 3.91. The second kappa shape index (κ2) is 5.34. The second-order valence-electron chi connectivity index (χ2n) is 5.55. The fourth-order valence-electron chi connectivity index (χ4n) is 1.56. The molecular formula is C13H21BrN2O. The first-order chi connectivity index (χ1) is 7.77. The van der Waals surface area contributed by atoms with Crippen molar-refractivity contribution < 1.29 is 4.79 Å². The number of ketones is 1. The molecule has 4 heteroatoms. The Balaban J connectivity index is 2.87. The van der Waals surface area contributed by atoms with E-state index >= 15 is 0 Å². The van der Waals surface area contributed by atoms with Gasteiger partial charge in [0, 0.05) is 13.0 Å². The van der Waals surface area contributed by atoms with Crippen LogP contribution < -0.4 is 0 Å². The molecule has 1 rings (SSSR count). The zero-order chi connectivity index (χ0) is 13.2. The van der Waals surface area contributed by atoms with Gasteiger partial charge in [-0.25, -0.2) is 0 Å². The standard InChI is InChI=1S/C13H21BrN2O/c1-6-16-12(10(14)8-15-16)11(17)7-9(2)13(3,4)5/h8-9H,6-7H2,1-5H3. The lowest BCUT2D eigenvalue weighted by molar-refractivity contribution is 0.0916. The van der Waals surface area contributed by atoms with Crippen molar-refractivity contribution in [3.63, 3.8) is 0 Å². The Morgan fingerprint density at radius 1 is 1.53 bits per heavy atom. The topological polar surface area (TPSA) is 34.9 Å². The lowest BCUT2D eigenvalue weighted by atomic mass is 9.79. The maximum atomic E-state index is 12.3. The van der Waals surface area contributed by atoms with Crippen LogP contribution in [-0.2, 0) is 6.54 Å². The molecule has 1 atom stereocenters. The van der Waals surface area contributed by atoms with E-state index in [1.807, 2.05) is 6.92 Å². The highest BCUT2D eigenvalue weighted by Crippen LogP contribution is 2.30. The van der Waals surface area contributed by atoms with Gasteiger partial charge in [-0.3, -0.25) is 9.48 Å². The highest BCUT2D eigenvalue weighted by atomic mass is 79.9. The molecule has 0 amide bonds. The molecule has 0 aliphatic carbocycles. The number of aromatic nitrogens is 2. The zero-order valence-electron chi connectivity index (χ0n) is 11.2. The molecule has 1 unspecified atom stereocenters. The third kappa shape index (κ3) is 3.41. The quantitative estimate of drug-likeness (QED) is 0.790. The summed E-state index contributed by atoms with van der Waals surface area (Å²) in [6, 6.07) is 0. The first kappa shape index (κ1) is 14.4. The summed E-state index contributed by atoms with van der Waals surface area (Å²) in [4.78, 5) is 12.3. The first-order valence-electron chi connectivity index (χ1n) is 6.01. The molecule has 0 aliphatic heterocycles. The summed E-state index contributed by atoms with van der Waals surface area (Å²) in [5.74, 6) is 0.515. The van der Waals surface area contributed by atoms with Gasteiger partial charge in [0.25, 0.3) is 0 Å². The van der Waals surface area contributed by atoms with Crippen molar-refractivity contribution in [2.24, 2.45) is 11.3 Å². The first-order valence-corrected chi connectivity index (χ1v) is 6.81. The SMILES string of the molecule is CCn1ncc(Br)c1C(=O)CC(C)C(C)(C)C. The molecule has 0 spiro atoms. The highest BCUT2D eigenvalue weighted by Gasteiger charge is 2.25. The van der Waals surface area contributed by atoms with Gasteiger partial charge in [-0.05, 0) is 34.2 Å². The largest absolute Gasteiger partial charge is 0.292 e. The van der Waals surface area contributed by atoms with Crippen molar-refractivity contribution >= 4 is 21.7 Å². The van der Waals surface area contributed by atoms with Crippen molar-refractivity contribution in [2.45, 2.75) is 47.6 Å². The molecule has 0 saturated carbocycles. The van der Waals surface area contributed by atoms with Gasteiger partial charge in [0.05, 0.1) is 10.7 Å². The molecule has 3 nitrogen and oxygen atoms in total. The van der Waals surface area contributed by atoms with Crippen LogP contribution in [0.1, 0.15) is 51.5 Å². The van der Waals surface area contributed by atoms with E-state index in [9.17, 15) is 4.79 Å². The summed E-state index contributed by atoms with van der Waals surface area (Å²) >= 11 is 3.39. The fourth-order valence-corrected chi connectivity index (χ4v) is 2.08. The number of carbonyl (C=O) groups is 1. The van der Waals surface area contributed by atoms with E-state index in [2.05, 4.69) is 48.7 Å². The van der Waals surface area contributed by atoms with Crippen molar-refractivity contribution in [3.05, 3.63) is 16.4 Å². The maximum absolute atomic E-state index is 12.3. The van der Waals surface area contributed by atoms with E-state index in [1.165, 1.54) is 0 Å². The summed E-state index contributed by atoms with van der Waals surface area (Å²) in [6.07, 6.45) is 2.26. The van der Waals surface area contributed by atoms with Gasteiger partial charge in [-0.1, -0.05) is 27.7 Å². The summed E-state index contributed by atoms with van der Waals surface area (Å²) in [6.45, 7) is 11.3. The zero-order valence-corrected chi connectivity index (χ0v) is 12.8. The number of hydrogen-bond acceptors (Lipinski definition) is 2. The van der Waals surface area contributed by atoms with Gasteiger partial charge in [0.1, 0.15) is 5.69 Å². The smallest absolute Gasteiger partial charge is 0.182 e. The van der Waals surface area contributed by atoms with E-state index in [-0.39, 0.29) is 11.2 Å². The Morgan fingerprint density at radius 2 is 2.12 bits per heavy atom. The Labute approximate surface area is 112 Å². The van der Waals surface area contributed by atoms with E-state index < -0.39 is 0 Å². The van der Waals surface area contributed by atoms with E-state index in [4.69, 9.17) is 0 Å². The predicted molar refractivity (Wildman–Crippen MR) is 73.2 cm³/mol. The van der Waals surface area contributed by atoms with Gasteiger partial charge >= 0.3 is 0 Å². The van der Waals surface area contributed by atoms with Gasteiger partial charge in [0.15, 0.2) is 5.78 Å². The number of carbonyl (C=O) groups excluding carboxylic acids is 1. The van der Waals surface area contributed by atoms with Gasteiger partial charge in [0.2, 0.25) is 0 Å². The molecule has 0 N–H and O–H groups in total. The maximum Gasteiger partial charge on any atom is 0.182 e. The van der Waals surface area contributed by atoms with Gasteiger partial charge in [-0.15, -0.1) is 0 Å². The number of rotatable bonds is 4. The lowest BCUT2D eigenvalue weighted by Crippen LogP contribution is -2.22. The number of Topliss-reactive ketones (excluding diaryl/α,β-unsaturated/α-hetero) is 1. The van der Waals surface area contributed by atoms with Crippen LogP contribution in [-0.4, -0.2) is 15.6 Å². The summed E-state index contributed by atoms with van der Waals surface area (Å²) in [5.41, 5.74) is 0.850. The molecule has 0 aromatic carbocycles. The van der Waals surface area contributed by atoms with Crippen LogP contribution in [0.2, 0.25) is 0 Å². The van der Waals surface area contributed by atoms with Crippen LogP contribution in [0, 0.1) is 11.3 Å². The van der Waals surface area contributed by atoms with Crippen LogP contribution >= 0.6 is 15.9 Å². The summed E-state index contributed by atoms with van der Waals surface area (Å²) in [5, 5.41) is 4.17. The monoisotopic (exact) mass is 300 g/mol. The molecule has 1 aromatic heterocycles. The van der Waals surface area contributed by atoms with Crippen LogP contribution in [0.4, 0.5) is 0 Å². The van der Waals surface area contributed by atoms with E-state index in [1.54, 1.807) is 10.9 Å². The molecule has 1 aromatic rings. The fraction of sp³-hybridized carbons (Fsp3) is 0.692. The molecule has 0 bridgehead atoms. The molecule has 0 fully saturated rings. The molecule has 96 valence electrons. The van der Waals surface area contributed by atoms with Crippen molar-refractivity contribution in [1.29, 1.82) is 0 Å². The minimum Gasteiger partial charge on any atom is -0.292 e. The normalized spacial score (nSPS) is 13.8. The average Bonchev–Trinajstić information content (AvgIpc) is 2.57. The Hall–Kier alpha value is -0.640. The Morgan fingerprint density at radius 3 is 2.59 bits per heavy atom. The summed E-state index contributed by atoms with van der Waals surface area (Å²) < 4.78 is 2.55. The number of nitrogens with zero attached hydrogens (tertiary/aromatic N) is 2. The van der Waals surface area contributed by atoms with E-state index in [0.717, 1.165) is 11.0 Å². The third-order valence-electron chi connectivity index (χ3n) is 3.33. The molecule has 1 heterocycles. The van der Waals surface area contributed by atoms with Crippen LogP contribution in [0.25, 0.3) is 0 Å². The molecule has 0 saturated heterocycles. The van der Waals surface area contributed by atoms with Crippen molar-refractivity contribution in [1.82, 2.24) is 9.78 Å². The number of hydrogen-bond donors (Lipinski definition) is 0. The van der Waals surface area contributed by atoms with E-state index in [0.29, 0.717) is 18.0 Å². The minimum atomic E-state index is 0.152. The highest BCUT2D eigenvalue weighted by molar-refractivity contribution is 9.10. The average molecular weight is 301 g/mol. The second-order valence-corrected chi connectivity index (χ2v) is 6.41. The van der Waals surface area contributed by atoms with Crippen molar-refractivity contribution in [3.8, 4) is 0 Å². The number of halogens is 1. The minimum absolute atomic E-state index is 0.152. The molecule has 0 aliphatic rings. The molecular weight excluding hydrogens is 280 g/mol. The Bertz CT molecular complexity index is 404. The predicted octanol–water partition coefficient (Wildman–Crippen LogP) is 3.92. The van der Waals surface area contributed by atoms with Crippen molar-refractivity contribution in [2.75, 3.05) is 0 Å². The molecule has 0 radical (unpaired) electrons. The van der Waals surface area contributed by atoms with Crippen LogP contribution in [0.5, 0.6) is 0 Å². The summed E-state index contributed by atoms with van der Waals surface area (Å²) in [7, 11) is 0. The molecule has 17 heavy (non-hydrogen) atoms. The Kier molecular flexibility index (Phi) is 4.53. The van der Waals surface area contributed by atoms with Gasteiger partial charge < -0.3 is 0 Å².